The number of aromatic amines is 1. The highest BCUT2D eigenvalue weighted by atomic mass is 79.9. The molecule has 3 aromatic rings. The monoisotopic (exact) mass is 366 g/mol. The second-order valence-electron chi connectivity index (χ2n) is 4.39. The molecule has 3 rings (SSSR count). The average Bonchev–Trinajstić information content (AvgIpc) is 2.82. The van der Waals surface area contributed by atoms with Crippen LogP contribution in [0.4, 0.5) is 11.6 Å². The van der Waals surface area contributed by atoms with Crippen LogP contribution in [0.3, 0.4) is 0 Å². The van der Waals surface area contributed by atoms with Crippen LogP contribution in [0.1, 0.15) is 0 Å². The quantitative estimate of drug-likeness (QED) is 0.620. The van der Waals surface area contributed by atoms with Crippen molar-refractivity contribution in [1.29, 1.82) is 0 Å². The summed E-state index contributed by atoms with van der Waals surface area (Å²) in [5, 5.41) is 0. The van der Waals surface area contributed by atoms with Crippen LogP contribution >= 0.6 is 15.9 Å². The number of imidazole rings is 1. The van der Waals surface area contributed by atoms with Crippen molar-refractivity contribution in [3.05, 3.63) is 46.9 Å². The summed E-state index contributed by atoms with van der Waals surface area (Å²) in [5.41, 5.74) is 7.50. The second-order valence-corrected chi connectivity index (χ2v) is 6.93. The molecule has 8 heteroatoms. The van der Waals surface area contributed by atoms with E-state index in [0.29, 0.717) is 15.7 Å². The van der Waals surface area contributed by atoms with Crippen LogP contribution in [0.15, 0.2) is 51.8 Å². The first-order valence-electron chi connectivity index (χ1n) is 5.98. The molecular weight excluding hydrogens is 356 g/mol. The molecular formula is C13H11BrN4O2S. The van der Waals surface area contributed by atoms with Crippen LogP contribution in [0.5, 0.6) is 0 Å². The van der Waals surface area contributed by atoms with E-state index in [9.17, 15) is 8.42 Å². The fourth-order valence-electron chi connectivity index (χ4n) is 1.88. The third kappa shape index (κ3) is 2.72. The van der Waals surface area contributed by atoms with Crippen molar-refractivity contribution in [2.45, 2.75) is 4.90 Å². The number of hydrogen-bond donors (Lipinski definition) is 3. The summed E-state index contributed by atoms with van der Waals surface area (Å²) >= 11 is 3.23. The molecule has 0 fully saturated rings. The van der Waals surface area contributed by atoms with Gasteiger partial charge in [-0.3, -0.25) is 0 Å². The van der Waals surface area contributed by atoms with Crippen molar-refractivity contribution in [2.24, 2.45) is 0 Å². The van der Waals surface area contributed by atoms with Crippen molar-refractivity contribution in [3.8, 4) is 0 Å². The predicted octanol–water partition coefficient (Wildman–Crippen LogP) is 2.71. The first-order valence-corrected chi connectivity index (χ1v) is 8.26. The Balaban J connectivity index is 1.96. The van der Waals surface area contributed by atoms with Crippen molar-refractivity contribution >= 4 is 48.6 Å². The van der Waals surface area contributed by atoms with Gasteiger partial charge in [-0.25, -0.2) is 18.1 Å². The lowest BCUT2D eigenvalue weighted by Gasteiger charge is -2.06. The summed E-state index contributed by atoms with van der Waals surface area (Å²) in [6.45, 7) is 0. The number of para-hydroxylation sites is 2. The number of fused-ring (bicyclic) bond motifs is 1. The number of H-pyrrole nitrogens is 1. The third-order valence-corrected chi connectivity index (χ3v) is 4.96. The molecule has 1 aromatic heterocycles. The number of sulfonamides is 1. The van der Waals surface area contributed by atoms with Crippen LogP contribution in [0, 0.1) is 0 Å². The van der Waals surface area contributed by atoms with E-state index in [-0.39, 0.29) is 10.8 Å². The molecule has 0 atom stereocenters. The van der Waals surface area contributed by atoms with Gasteiger partial charge in [-0.05, 0) is 46.3 Å². The van der Waals surface area contributed by atoms with Gasteiger partial charge < -0.3 is 10.7 Å². The maximum Gasteiger partial charge on any atom is 0.264 e. The zero-order valence-corrected chi connectivity index (χ0v) is 13.1. The minimum absolute atomic E-state index is 0.0728. The van der Waals surface area contributed by atoms with Crippen LogP contribution in [-0.2, 0) is 10.0 Å². The lowest BCUT2D eigenvalue weighted by molar-refractivity contribution is 0.601. The van der Waals surface area contributed by atoms with E-state index < -0.39 is 10.0 Å². The van der Waals surface area contributed by atoms with E-state index in [1.807, 2.05) is 18.2 Å². The molecule has 108 valence electrons. The number of nitrogen functional groups attached to an aromatic ring is 1. The highest BCUT2D eigenvalue weighted by Gasteiger charge is 2.17. The molecule has 4 N–H and O–H groups in total. The topological polar surface area (TPSA) is 101 Å². The molecule has 0 aliphatic heterocycles. The van der Waals surface area contributed by atoms with Gasteiger partial charge in [0.15, 0.2) is 0 Å². The van der Waals surface area contributed by atoms with Gasteiger partial charge >= 0.3 is 0 Å². The molecule has 2 aromatic carbocycles. The molecule has 0 saturated carbocycles. The van der Waals surface area contributed by atoms with Crippen molar-refractivity contribution in [3.63, 3.8) is 0 Å². The van der Waals surface area contributed by atoms with Crippen molar-refractivity contribution < 1.29 is 8.42 Å². The number of nitrogens with one attached hydrogen (secondary N) is 2. The Morgan fingerprint density at radius 3 is 2.67 bits per heavy atom. The minimum atomic E-state index is -3.74. The van der Waals surface area contributed by atoms with Gasteiger partial charge in [0.05, 0.1) is 15.9 Å². The van der Waals surface area contributed by atoms with Crippen LogP contribution in [-0.4, -0.2) is 18.4 Å². The zero-order valence-electron chi connectivity index (χ0n) is 10.7. The Kier molecular flexibility index (Phi) is 3.34. The van der Waals surface area contributed by atoms with E-state index in [2.05, 4.69) is 30.6 Å². The second kappa shape index (κ2) is 5.05. The maximum absolute atomic E-state index is 12.3. The normalized spacial score (nSPS) is 11.7. The Hall–Kier alpha value is -2.06. The van der Waals surface area contributed by atoms with Gasteiger partial charge in [0.2, 0.25) is 5.95 Å². The molecule has 0 spiro atoms. The highest BCUT2D eigenvalue weighted by molar-refractivity contribution is 9.10. The first kappa shape index (κ1) is 13.9. The lowest BCUT2D eigenvalue weighted by atomic mass is 10.3. The van der Waals surface area contributed by atoms with E-state index in [0.717, 1.165) is 5.52 Å². The Bertz CT molecular complexity index is 888. The summed E-state index contributed by atoms with van der Waals surface area (Å²) in [6.07, 6.45) is 0. The largest absolute Gasteiger partial charge is 0.398 e. The summed E-state index contributed by atoms with van der Waals surface area (Å²) in [6, 6.07) is 11.7. The van der Waals surface area contributed by atoms with Gasteiger partial charge in [0.25, 0.3) is 10.0 Å². The number of rotatable bonds is 3. The Morgan fingerprint density at radius 2 is 1.95 bits per heavy atom. The predicted molar refractivity (Wildman–Crippen MR) is 85.5 cm³/mol. The summed E-state index contributed by atoms with van der Waals surface area (Å²) in [4.78, 5) is 7.16. The van der Waals surface area contributed by atoms with E-state index in [4.69, 9.17) is 5.73 Å². The standard InChI is InChI=1S/C13H11BrN4O2S/c14-9-6-5-8(7-10(9)15)21(19,20)18-13-16-11-3-1-2-4-12(11)17-13/h1-7H,15H2,(H2,16,17,18). The Morgan fingerprint density at radius 1 is 1.19 bits per heavy atom. The maximum atomic E-state index is 12.3. The number of anilines is 2. The number of benzene rings is 2. The summed E-state index contributed by atoms with van der Waals surface area (Å²) in [5.74, 6) is 0.165. The number of hydrogen-bond acceptors (Lipinski definition) is 4. The molecule has 21 heavy (non-hydrogen) atoms. The number of aromatic nitrogens is 2. The van der Waals surface area contributed by atoms with E-state index >= 15 is 0 Å². The van der Waals surface area contributed by atoms with Gasteiger partial charge in [0, 0.05) is 10.2 Å². The molecule has 0 bridgehead atoms. The van der Waals surface area contributed by atoms with Crippen LogP contribution < -0.4 is 10.5 Å². The highest BCUT2D eigenvalue weighted by Crippen LogP contribution is 2.24. The molecule has 0 saturated heterocycles. The van der Waals surface area contributed by atoms with Gasteiger partial charge in [-0.15, -0.1) is 0 Å². The van der Waals surface area contributed by atoms with Crippen LogP contribution in [0.2, 0.25) is 0 Å². The van der Waals surface area contributed by atoms with Gasteiger partial charge in [0.1, 0.15) is 0 Å². The molecule has 0 aliphatic carbocycles. The summed E-state index contributed by atoms with van der Waals surface area (Å²) < 4.78 is 27.6. The third-order valence-electron chi connectivity index (χ3n) is 2.90. The summed E-state index contributed by atoms with van der Waals surface area (Å²) in [7, 11) is -3.74. The molecule has 0 radical (unpaired) electrons. The smallest absolute Gasteiger partial charge is 0.264 e. The fourth-order valence-corrected chi connectivity index (χ4v) is 3.12. The average molecular weight is 367 g/mol. The molecule has 0 aliphatic rings. The van der Waals surface area contributed by atoms with Gasteiger partial charge in [-0.1, -0.05) is 12.1 Å². The van der Waals surface area contributed by atoms with Crippen LogP contribution in [0.25, 0.3) is 11.0 Å². The van der Waals surface area contributed by atoms with Crippen molar-refractivity contribution in [1.82, 2.24) is 9.97 Å². The molecule has 0 unspecified atom stereocenters. The van der Waals surface area contributed by atoms with Gasteiger partial charge in [-0.2, -0.15) is 0 Å². The number of nitrogens with zero attached hydrogens (tertiary/aromatic N) is 1. The number of halogens is 1. The van der Waals surface area contributed by atoms with E-state index in [1.54, 1.807) is 12.1 Å². The minimum Gasteiger partial charge on any atom is -0.398 e. The first-order chi connectivity index (χ1) is 9.95. The zero-order chi connectivity index (χ0) is 15.0. The van der Waals surface area contributed by atoms with Crippen molar-refractivity contribution in [2.75, 3.05) is 10.5 Å². The lowest BCUT2D eigenvalue weighted by Crippen LogP contribution is -2.14. The fraction of sp³-hybridized carbons (Fsp3) is 0. The van der Waals surface area contributed by atoms with E-state index in [1.165, 1.54) is 12.1 Å². The molecule has 0 amide bonds. The Labute approximate surface area is 129 Å². The molecule has 1 heterocycles. The molecule has 6 nitrogen and oxygen atoms in total. The number of nitrogens with two attached hydrogens (primary N) is 1. The SMILES string of the molecule is Nc1cc(S(=O)(=O)Nc2nc3ccccc3[nH]2)ccc1Br.